The van der Waals surface area contributed by atoms with E-state index in [1.165, 1.54) is 11.1 Å². The van der Waals surface area contributed by atoms with Crippen LogP contribution in [0.3, 0.4) is 0 Å². The van der Waals surface area contributed by atoms with Crippen molar-refractivity contribution in [1.82, 2.24) is 4.90 Å². The highest BCUT2D eigenvalue weighted by atomic mass is 16.2. The maximum Gasteiger partial charge on any atom is 0.250 e. The quantitative estimate of drug-likeness (QED) is 0.703. The van der Waals surface area contributed by atoms with Crippen LogP contribution in [0.1, 0.15) is 37.3 Å². The minimum Gasteiger partial charge on any atom is -0.331 e. The van der Waals surface area contributed by atoms with E-state index >= 15 is 0 Å². The van der Waals surface area contributed by atoms with Gasteiger partial charge in [-0.05, 0) is 30.4 Å². The molecule has 1 fully saturated rings. The second kappa shape index (κ2) is 7.96. The number of hydrogen-bond acceptors (Lipinski definition) is 1. The number of benzene rings is 2. The average molecular weight is 319 g/mol. The minimum atomic E-state index is 0.216. The Labute approximate surface area is 144 Å². The van der Waals surface area contributed by atoms with Gasteiger partial charge in [-0.1, -0.05) is 80.1 Å². The topological polar surface area (TPSA) is 20.3 Å². The summed E-state index contributed by atoms with van der Waals surface area (Å²) in [5.74, 6) is 0.216. The zero-order valence-electron chi connectivity index (χ0n) is 14.3. The Morgan fingerprint density at radius 1 is 1.00 bits per heavy atom. The predicted octanol–water partition coefficient (Wildman–Crippen LogP) is 4.76. The molecule has 124 valence electrons. The first-order valence-corrected chi connectivity index (χ1v) is 8.85. The van der Waals surface area contributed by atoms with Gasteiger partial charge < -0.3 is 4.90 Å². The van der Waals surface area contributed by atoms with E-state index in [1.54, 1.807) is 0 Å². The number of carbonyl (C=O) groups excluding carboxylic acids is 1. The van der Waals surface area contributed by atoms with Crippen molar-refractivity contribution in [3.63, 3.8) is 0 Å². The molecular formula is C22H25NO. The Balaban J connectivity index is 1.81. The number of likely N-dealkylation sites (tertiary alicyclic amines) is 1. The van der Waals surface area contributed by atoms with Crippen molar-refractivity contribution in [3.8, 4) is 0 Å². The van der Waals surface area contributed by atoms with Crippen molar-refractivity contribution in [2.24, 2.45) is 0 Å². The van der Waals surface area contributed by atoms with Crippen LogP contribution >= 0.6 is 0 Å². The molecule has 0 radical (unpaired) electrons. The van der Waals surface area contributed by atoms with E-state index in [9.17, 15) is 4.79 Å². The number of amides is 1. The van der Waals surface area contributed by atoms with Crippen molar-refractivity contribution >= 4 is 5.91 Å². The van der Waals surface area contributed by atoms with Gasteiger partial charge in [0.15, 0.2) is 0 Å². The van der Waals surface area contributed by atoms with Gasteiger partial charge in [-0.15, -0.1) is 0 Å². The second-order valence-electron chi connectivity index (χ2n) is 6.48. The van der Waals surface area contributed by atoms with Crippen LogP contribution in [-0.4, -0.2) is 16.8 Å². The molecule has 0 bridgehead atoms. The molecule has 0 spiro atoms. The van der Waals surface area contributed by atoms with Crippen LogP contribution in [0.25, 0.3) is 0 Å². The summed E-state index contributed by atoms with van der Waals surface area (Å²) in [4.78, 5) is 14.9. The first kappa shape index (κ1) is 16.5. The van der Waals surface area contributed by atoms with Gasteiger partial charge in [-0.3, -0.25) is 4.79 Å². The van der Waals surface area contributed by atoms with Gasteiger partial charge in [-0.2, -0.15) is 0 Å². The monoisotopic (exact) mass is 319 g/mol. The van der Waals surface area contributed by atoms with Gasteiger partial charge in [0.2, 0.25) is 5.91 Å². The second-order valence-corrected chi connectivity index (χ2v) is 6.48. The summed E-state index contributed by atoms with van der Waals surface area (Å²) in [7, 11) is 0. The first-order chi connectivity index (χ1) is 11.8. The standard InChI is InChI=1S/C22H25NO/c1-2-3-14-20-16-21(15-18-10-6-4-7-11-18)23(22(20)24)17-19-12-8-5-9-13-19/h4-14,21H,2-3,15-17H2,1H3/t21-/m0/s1. The molecule has 24 heavy (non-hydrogen) atoms. The predicted molar refractivity (Wildman–Crippen MR) is 98.5 cm³/mol. The normalized spacial score (nSPS) is 19.2. The van der Waals surface area contributed by atoms with E-state index in [2.05, 4.69) is 54.3 Å². The summed E-state index contributed by atoms with van der Waals surface area (Å²) in [5.41, 5.74) is 3.49. The maximum absolute atomic E-state index is 12.9. The molecule has 1 heterocycles. The third kappa shape index (κ3) is 3.94. The van der Waals surface area contributed by atoms with Crippen molar-refractivity contribution < 1.29 is 4.79 Å². The highest BCUT2D eigenvalue weighted by Gasteiger charge is 2.34. The Hall–Kier alpha value is -2.35. The lowest BCUT2D eigenvalue weighted by Crippen LogP contribution is -2.34. The van der Waals surface area contributed by atoms with Gasteiger partial charge >= 0.3 is 0 Å². The Bertz CT molecular complexity index is 690. The van der Waals surface area contributed by atoms with Crippen LogP contribution in [-0.2, 0) is 17.8 Å². The third-order valence-corrected chi connectivity index (χ3v) is 4.62. The molecular weight excluding hydrogens is 294 g/mol. The van der Waals surface area contributed by atoms with Gasteiger partial charge in [0, 0.05) is 18.2 Å². The number of hydrogen-bond donors (Lipinski definition) is 0. The number of allylic oxidation sites excluding steroid dienone is 1. The van der Waals surface area contributed by atoms with Gasteiger partial charge in [0.25, 0.3) is 0 Å². The fourth-order valence-electron chi connectivity index (χ4n) is 3.34. The molecule has 2 aromatic rings. The highest BCUT2D eigenvalue weighted by Crippen LogP contribution is 2.29. The van der Waals surface area contributed by atoms with Crippen LogP contribution in [0.2, 0.25) is 0 Å². The summed E-state index contributed by atoms with van der Waals surface area (Å²) >= 11 is 0. The van der Waals surface area contributed by atoms with E-state index < -0.39 is 0 Å². The van der Waals surface area contributed by atoms with Crippen LogP contribution in [0.4, 0.5) is 0 Å². The van der Waals surface area contributed by atoms with E-state index in [0.29, 0.717) is 6.54 Å². The van der Waals surface area contributed by atoms with Crippen molar-refractivity contribution in [2.45, 2.75) is 45.2 Å². The Morgan fingerprint density at radius 2 is 1.62 bits per heavy atom. The van der Waals surface area contributed by atoms with Crippen LogP contribution in [0.5, 0.6) is 0 Å². The van der Waals surface area contributed by atoms with Crippen LogP contribution in [0.15, 0.2) is 72.3 Å². The Morgan fingerprint density at radius 3 is 2.25 bits per heavy atom. The lowest BCUT2D eigenvalue weighted by atomic mass is 10.0. The smallest absolute Gasteiger partial charge is 0.250 e. The van der Waals surface area contributed by atoms with Crippen LogP contribution in [0, 0.1) is 0 Å². The fraction of sp³-hybridized carbons (Fsp3) is 0.318. The summed E-state index contributed by atoms with van der Waals surface area (Å²) in [6, 6.07) is 21.0. The van der Waals surface area contributed by atoms with E-state index in [4.69, 9.17) is 0 Å². The minimum absolute atomic E-state index is 0.216. The lowest BCUT2D eigenvalue weighted by Gasteiger charge is -2.24. The number of carbonyl (C=O) groups is 1. The maximum atomic E-state index is 12.9. The lowest BCUT2D eigenvalue weighted by molar-refractivity contribution is -0.126. The zero-order valence-corrected chi connectivity index (χ0v) is 14.3. The SMILES string of the molecule is CCCC=C1C[C@H](Cc2ccccc2)N(Cc2ccccc2)C1=O. The highest BCUT2D eigenvalue weighted by molar-refractivity contribution is 5.96. The molecule has 1 amide bonds. The van der Waals surface area contributed by atoms with E-state index in [1.807, 2.05) is 24.3 Å². The summed E-state index contributed by atoms with van der Waals surface area (Å²) < 4.78 is 0. The van der Waals surface area contributed by atoms with Crippen molar-refractivity contribution in [3.05, 3.63) is 83.4 Å². The first-order valence-electron chi connectivity index (χ1n) is 8.85. The number of rotatable bonds is 6. The van der Waals surface area contributed by atoms with Gasteiger partial charge in [0.1, 0.15) is 0 Å². The molecule has 1 saturated heterocycles. The molecule has 1 aliphatic rings. The van der Waals surface area contributed by atoms with Crippen LogP contribution < -0.4 is 0 Å². The average Bonchev–Trinajstić information content (AvgIpc) is 2.90. The van der Waals surface area contributed by atoms with E-state index in [-0.39, 0.29) is 11.9 Å². The summed E-state index contributed by atoms with van der Waals surface area (Å²) in [5, 5.41) is 0. The van der Waals surface area contributed by atoms with E-state index in [0.717, 1.165) is 31.3 Å². The zero-order chi connectivity index (χ0) is 16.8. The molecule has 2 aromatic carbocycles. The fourth-order valence-corrected chi connectivity index (χ4v) is 3.34. The molecule has 0 aromatic heterocycles. The molecule has 1 atom stereocenters. The van der Waals surface area contributed by atoms with Gasteiger partial charge in [-0.25, -0.2) is 0 Å². The Kier molecular flexibility index (Phi) is 5.47. The largest absolute Gasteiger partial charge is 0.331 e. The van der Waals surface area contributed by atoms with Crippen molar-refractivity contribution in [1.29, 1.82) is 0 Å². The summed E-state index contributed by atoms with van der Waals surface area (Å²) in [6.07, 6.45) is 5.99. The molecule has 0 N–H and O–H groups in total. The van der Waals surface area contributed by atoms with Gasteiger partial charge in [0.05, 0.1) is 0 Å². The molecule has 3 rings (SSSR count). The van der Waals surface area contributed by atoms with Crippen molar-refractivity contribution in [2.75, 3.05) is 0 Å². The number of nitrogens with zero attached hydrogens (tertiary/aromatic N) is 1. The molecule has 2 heteroatoms. The molecule has 0 saturated carbocycles. The molecule has 0 aliphatic carbocycles. The molecule has 1 aliphatic heterocycles. The number of unbranched alkanes of at least 4 members (excludes halogenated alkanes) is 1. The molecule has 2 nitrogen and oxygen atoms in total. The molecule has 0 unspecified atom stereocenters. The third-order valence-electron chi connectivity index (χ3n) is 4.62. The summed E-state index contributed by atoms with van der Waals surface area (Å²) in [6.45, 7) is 2.85.